The van der Waals surface area contributed by atoms with Crippen molar-refractivity contribution in [3.8, 4) is 5.75 Å². The molecule has 0 heterocycles. The third-order valence-electron chi connectivity index (χ3n) is 3.06. The zero-order valence-corrected chi connectivity index (χ0v) is 13.1. The third kappa shape index (κ3) is 5.14. The number of hydrogen-bond acceptors (Lipinski definition) is 2. The fraction of sp³-hybridized carbons (Fsp3) is 0.188. The number of halogens is 3. The summed E-state index contributed by atoms with van der Waals surface area (Å²) in [4.78, 5) is 0. The van der Waals surface area contributed by atoms with Crippen LogP contribution in [0, 0.1) is 0 Å². The van der Waals surface area contributed by atoms with Crippen molar-refractivity contribution in [3.05, 3.63) is 59.7 Å². The van der Waals surface area contributed by atoms with E-state index in [1.165, 1.54) is 12.1 Å². The van der Waals surface area contributed by atoms with Gasteiger partial charge < -0.3 is 15.4 Å². The summed E-state index contributed by atoms with van der Waals surface area (Å²) in [5.74, 6) is 0.742. The molecular formula is C16H15F3N2OS. The zero-order chi connectivity index (χ0) is 16.9. The van der Waals surface area contributed by atoms with Crippen molar-refractivity contribution in [3.63, 3.8) is 0 Å². The van der Waals surface area contributed by atoms with Gasteiger partial charge in [0.25, 0.3) is 0 Å². The SMILES string of the molecule is COc1cccc(CNC(=S)Nc2ccc(C(F)(F)F)cc2)c1. The second kappa shape index (κ2) is 7.32. The fourth-order valence-electron chi connectivity index (χ4n) is 1.88. The zero-order valence-electron chi connectivity index (χ0n) is 12.3. The molecule has 0 spiro atoms. The van der Waals surface area contributed by atoms with Gasteiger partial charge in [-0.25, -0.2) is 0 Å². The highest BCUT2D eigenvalue weighted by atomic mass is 32.1. The first-order chi connectivity index (χ1) is 10.9. The summed E-state index contributed by atoms with van der Waals surface area (Å²) in [6.45, 7) is 0.476. The summed E-state index contributed by atoms with van der Waals surface area (Å²) in [5.41, 5.74) is 0.764. The van der Waals surface area contributed by atoms with Crippen LogP contribution in [0.2, 0.25) is 0 Å². The van der Waals surface area contributed by atoms with E-state index in [2.05, 4.69) is 10.6 Å². The molecule has 0 saturated heterocycles. The fourth-order valence-corrected chi connectivity index (χ4v) is 2.07. The van der Waals surface area contributed by atoms with E-state index in [9.17, 15) is 13.2 Å². The molecule has 0 unspecified atom stereocenters. The van der Waals surface area contributed by atoms with Crippen LogP contribution in [0.15, 0.2) is 48.5 Å². The summed E-state index contributed by atoms with van der Waals surface area (Å²) in [6, 6.07) is 12.2. The van der Waals surface area contributed by atoms with Gasteiger partial charge in [-0.05, 0) is 54.2 Å². The van der Waals surface area contributed by atoms with Crippen LogP contribution in [0.25, 0.3) is 0 Å². The topological polar surface area (TPSA) is 33.3 Å². The Kier molecular flexibility index (Phi) is 5.44. The quantitative estimate of drug-likeness (QED) is 0.818. The second-order valence-corrected chi connectivity index (χ2v) is 5.14. The maximum Gasteiger partial charge on any atom is 0.416 e. The van der Waals surface area contributed by atoms with Crippen LogP contribution in [0.4, 0.5) is 18.9 Å². The van der Waals surface area contributed by atoms with Gasteiger partial charge >= 0.3 is 6.18 Å². The van der Waals surface area contributed by atoms with Crippen LogP contribution < -0.4 is 15.4 Å². The molecule has 2 N–H and O–H groups in total. The number of nitrogens with one attached hydrogen (secondary N) is 2. The van der Waals surface area contributed by atoms with Gasteiger partial charge in [0.15, 0.2) is 5.11 Å². The van der Waals surface area contributed by atoms with Crippen LogP contribution in [-0.4, -0.2) is 12.2 Å². The van der Waals surface area contributed by atoms with E-state index in [-0.39, 0.29) is 0 Å². The normalized spacial score (nSPS) is 11.0. The molecule has 0 fully saturated rings. The highest BCUT2D eigenvalue weighted by Gasteiger charge is 2.29. The summed E-state index contributed by atoms with van der Waals surface area (Å²) in [5, 5.41) is 6.15. The number of alkyl halides is 3. The molecule has 23 heavy (non-hydrogen) atoms. The van der Waals surface area contributed by atoms with Crippen molar-refractivity contribution in [2.24, 2.45) is 0 Å². The molecule has 0 bridgehead atoms. The first kappa shape index (κ1) is 17.1. The molecule has 0 aromatic heterocycles. The van der Waals surface area contributed by atoms with Gasteiger partial charge in [0, 0.05) is 12.2 Å². The van der Waals surface area contributed by atoms with E-state index >= 15 is 0 Å². The second-order valence-electron chi connectivity index (χ2n) is 4.73. The average molecular weight is 340 g/mol. The van der Waals surface area contributed by atoms with Crippen molar-refractivity contribution in [1.82, 2.24) is 5.32 Å². The Morgan fingerprint density at radius 1 is 1.13 bits per heavy atom. The van der Waals surface area contributed by atoms with E-state index in [1.807, 2.05) is 24.3 Å². The molecule has 2 aromatic rings. The summed E-state index contributed by atoms with van der Waals surface area (Å²) < 4.78 is 42.6. The Balaban J connectivity index is 1.89. The van der Waals surface area contributed by atoms with E-state index in [1.54, 1.807) is 7.11 Å². The van der Waals surface area contributed by atoms with Gasteiger partial charge in [-0.1, -0.05) is 12.1 Å². The highest BCUT2D eigenvalue weighted by molar-refractivity contribution is 7.80. The molecule has 3 nitrogen and oxygen atoms in total. The van der Waals surface area contributed by atoms with E-state index in [4.69, 9.17) is 17.0 Å². The van der Waals surface area contributed by atoms with Crippen molar-refractivity contribution in [2.75, 3.05) is 12.4 Å². The largest absolute Gasteiger partial charge is 0.497 e. The first-order valence-electron chi connectivity index (χ1n) is 6.73. The monoisotopic (exact) mass is 340 g/mol. The number of ether oxygens (including phenoxy) is 1. The third-order valence-corrected chi connectivity index (χ3v) is 3.30. The molecular weight excluding hydrogens is 325 g/mol. The first-order valence-corrected chi connectivity index (χ1v) is 7.14. The summed E-state index contributed by atoms with van der Waals surface area (Å²) in [6.07, 6.45) is -4.34. The van der Waals surface area contributed by atoms with Crippen LogP contribution in [-0.2, 0) is 12.7 Å². The van der Waals surface area contributed by atoms with E-state index < -0.39 is 11.7 Å². The van der Waals surface area contributed by atoms with Gasteiger partial charge in [0.2, 0.25) is 0 Å². The summed E-state index contributed by atoms with van der Waals surface area (Å²) >= 11 is 5.13. The Labute approximate surface area is 137 Å². The molecule has 7 heteroatoms. The van der Waals surface area contributed by atoms with Crippen LogP contribution in [0.3, 0.4) is 0 Å². The predicted octanol–water partition coefficient (Wildman–Crippen LogP) is 4.20. The van der Waals surface area contributed by atoms with Gasteiger partial charge in [0.1, 0.15) is 5.75 Å². The highest BCUT2D eigenvalue weighted by Crippen LogP contribution is 2.29. The molecule has 0 radical (unpaired) electrons. The molecule has 2 aromatic carbocycles. The van der Waals surface area contributed by atoms with Gasteiger partial charge in [-0.15, -0.1) is 0 Å². The average Bonchev–Trinajstić information content (AvgIpc) is 2.53. The maximum atomic E-state index is 12.5. The molecule has 0 saturated carbocycles. The molecule has 2 rings (SSSR count). The Morgan fingerprint density at radius 2 is 1.83 bits per heavy atom. The molecule has 0 amide bonds. The standard InChI is InChI=1S/C16H15F3N2OS/c1-22-14-4-2-3-11(9-14)10-20-15(23)21-13-7-5-12(6-8-13)16(17,18)19/h2-9H,10H2,1H3,(H2,20,21,23). The molecule has 0 atom stereocenters. The lowest BCUT2D eigenvalue weighted by molar-refractivity contribution is -0.137. The predicted molar refractivity (Wildman–Crippen MR) is 87.5 cm³/mol. The van der Waals surface area contributed by atoms with Crippen molar-refractivity contribution in [1.29, 1.82) is 0 Å². The number of benzene rings is 2. The minimum Gasteiger partial charge on any atom is -0.497 e. The number of methoxy groups -OCH3 is 1. The molecule has 122 valence electrons. The minimum absolute atomic E-state index is 0.326. The maximum absolute atomic E-state index is 12.5. The molecule has 0 aliphatic heterocycles. The minimum atomic E-state index is -4.34. The van der Waals surface area contributed by atoms with Gasteiger partial charge in [-0.2, -0.15) is 13.2 Å². The van der Waals surface area contributed by atoms with Crippen LogP contribution in [0.1, 0.15) is 11.1 Å². The lowest BCUT2D eigenvalue weighted by Crippen LogP contribution is -2.27. The van der Waals surface area contributed by atoms with Crippen LogP contribution in [0.5, 0.6) is 5.75 Å². The smallest absolute Gasteiger partial charge is 0.416 e. The molecule has 0 aliphatic rings. The van der Waals surface area contributed by atoms with E-state index in [0.29, 0.717) is 17.3 Å². The number of thiocarbonyl (C=S) groups is 1. The van der Waals surface area contributed by atoms with Gasteiger partial charge in [-0.3, -0.25) is 0 Å². The summed E-state index contributed by atoms with van der Waals surface area (Å²) in [7, 11) is 1.59. The van der Waals surface area contributed by atoms with Gasteiger partial charge in [0.05, 0.1) is 12.7 Å². The Bertz CT molecular complexity index is 672. The number of anilines is 1. The molecule has 0 aliphatic carbocycles. The van der Waals surface area contributed by atoms with Crippen molar-refractivity contribution in [2.45, 2.75) is 12.7 Å². The number of hydrogen-bond donors (Lipinski definition) is 2. The lowest BCUT2D eigenvalue weighted by Gasteiger charge is -2.12. The van der Waals surface area contributed by atoms with Crippen molar-refractivity contribution >= 4 is 23.0 Å². The Hall–Kier alpha value is -2.28. The van der Waals surface area contributed by atoms with Crippen LogP contribution >= 0.6 is 12.2 Å². The van der Waals surface area contributed by atoms with E-state index in [0.717, 1.165) is 23.4 Å². The Morgan fingerprint density at radius 3 is 2.43 bits per heavy atom. The number of rotatable bonds is 4. The van der Waals surface area contributed by atoms with Crippen molar-refractivity contribution < 1.29 is 17.9 Å². The lowest BCUT2D eigenvalue weighted by atomic mass is 10.2.